The molecule has 1 fully saturated rings. The Hall–Kier alpha value is -1.92. The van der Waals surface area contributed by atoms with E-state index in [1.165, 1.54) is 38.8 Å². The second-order valence-corrected chi connectivity index (χ2v) is 7.38. The molecule has 140 valence electrons. The van der Waals surface area contributed by atoms with Crippen molar-refractivity contribution in [2.45, 2.75) is 38.7 Å². The van der Waals surface area contributed by atoms with Gasteiger partial charge in [0.2, 0.25) is 0 Å². The molecule has 1 aliphatic heterocycles. The summed E-state index contributed by atoms with van der Waals surface area (Å²) in [6, 6.07) is 7.28. The number of nitrogens with one attached hydrogen (secondary N) is 1. The highest BCUT2D eigenvalue weighted by Gasteiger charge is 2.09. The van der Waals surface area contributed by atoms with Crippen molar-refractivity contribution < 1.29 is 9.53 Å². The van der Waals surface area contributed by atoms with E-state index in [1.54, 1.807) is 29.0 Å². The van der Waals surface area contributed by atoms with Crippen LogP contribution in [0.25, 0.3) is 0 Å². The number of carbonyl (C=O) groups is 1. The van der Waals surface area contributed by atoms with Crippen molar-refractivity contribution in [1.82, 2.24) is 15.2 Å². The Morgan fingerprint density at radius 3 is 2.62 bits per heavy atom. The Labute approximate surface area is 159 Å². The van der Waals surface area contributed by atoms with Crippen molar-refractivity contribution in [3.8, 4) is 5.75 Å². The fourth-order valence-corrected chi connectivity index (χ4v) is 3.68. The average Bonchev–Trinajstić information content (AvgIpc) is 3.06. The highest BCUT2D eigenvalue weighted by Crippen LogP contribution is 2.14. The van der Waals surface area contributed by atoms with E-state index in [2.05, 4.69) is 15.2 Å². The lowest BCUT2D eigenvalue weighted by Crippen LogP contribution is -2.30. The molecule has 1 aromatic heterocycles. The standard InChI is InChI=1S/C20H27N3O2S/c24-20(21-10-5-13-23-11-3-1-2-4-12-23)17-6-8-19(9-7-17)25-14-18-15-26-16-22-18/h6-9,15-16H,1-5,10-14H2,(H,21,24). The summed E-state index contributed by atoms with van der Waals surface area (Å²) in [7, 11) is 0. The molecule has 2 heterocycles. The summed E-state index contributed by atoms with van der Waals surface area (Å²) in [5, 5.41) is 4.98. The second kappa shape index (κ2) is 10.3. The topological polar surface area (TPSA) is 54.5 Å². The molecule has 0 spiro atoms. The first-order valence-electron chi connectivity index (χ1n) is 9.42. The first kappa shape index (κ1) is 18.9. The van der Waals surface area contributed by atoms with Gasteiger partial charge < -0.3 is 15.0 Å². The smallest absolute Gasteiger partial charge is 0.251 e. The number of likely N-dealkylation sites (tertiary alicyclic amines) is 1. The SMILES string of the molecule is O=C(NCCCN1CCCCCC1)c1ccc(OCc2cscn2)cc1. The van der Waals surface area contributed by atoms with E-state index in [1.807, 2.05) is 17.5 Å². The van der Waals surface area contributed by atoms with Crippen LogP contribution in [0.1, 0.15) is 48.2 Å². The number of ether oxygens (including phenoxy) is 1. The Morgan fingerprint density at radius 2 is 1.92 bits per heavy atom. The van der Waals surface area contributed by atoms with Gasteiger partial charge in [-0.05, 0) is 63.2 Å². The van der Waals surface area contributed by atoms with E-state index >= 15 is 0 Å². The number of carbonyl (C=O) groups excluding carboxylic acids is 1. The molecule has 3 rings (SSSR count). The molecule has 0 aliphatic carbocycles. The molecular formula is C20H27N3O2S. The highest BCUT2D eigenvalue weighted by atomic mass is 32.1. The molecule has 0 atom stereocenters. The van der Waals surface area contributed by atoms with Crippen molar-refractivity contribution in [2.75, 3.05) is 26.2 Å². The van der Waals surface area contributed by atoms with E-state index in [-0.39, 0.29) is 5.91 Å². The quantitative estimate of drug-likeness (QED) is 0.717. The van der Waals surface area contributed by atoms with Crippen LogP contribution in [-0.4, -0.2) is 42.0 Å². The monoisotopic (exact) mass is 373 g/mol. The number of nitrogens with zero attached hydrogens (tertiary/aromatic N) is 2. The van der Waals surface area contributed by atoms with Crippen molar-refractivity contribution in [2.24, 2.45) is 0 Å². The van der Waals surface area contributed by atoms with E-state index in [4.69, 9.17) is 4.74 Å². The van der Waals surface area contributed by atoms with Gasteiger partial charge in [0.15, 0.2) is 0 Å². The third-order valence-corrected chi connectivity index (χ3v) is 5.26. The van der Waals surface area contributed by atoms with Crippen LogP contribution in [0, 0.1) is 0 Å². The number of benzene rings is 1. The number of aromatic nitrogens is 1. The Kier molecular flexibility index (Phi) is 7.46. The van der Waals surface area contributed by atoms with Crippen LogP contribution in [0.4, 0.5) is 0 Å². The summed E-state index contributed by atoms with van der Waals surface area (Å²) in [5.74, 6) is 0.725. The second-order valence-electron chi connectivity index (χ2n) is 6.66. The van der Waals surface area contributed by atoms with Crippen LogP contribution in [0.2, 0.25) is 0 Å². The zero-order valence-electron chi connectivity index (χ0n) is 15.2. The van der Waals surface area contributed by atoms with Gasteiger partial charge in [0.1, 0.15) is 12.4 Å². The van der Waals surface area contributed by atoms with Gasteiger partial charge in [0, 0.05) is 17.5 Å². The van der Waals surface area contributed by atoms with Crippen molar-refractivity contribution in [3.05, 3.63) is 46.4 Å². The summed E-state index contributed by atoms with van der Waals surface area (Å²) in [6.07, 6.45) is 6.33. The minimum absolute atomic E-state index is 0.0214. The molecule has 1 N–H and O–H groups in total. The lowest BCUT2D eigenvalue weighted by atomic mass is 10.2. The largest absolute Gasteiger partial charge is 0.487 e. The van der Waals surface area contributed by atoms with Crippen molar-refractivity contribution in [1.29, 1.82) is 0 Å². The number of thiazole rings is 1. The molecule has 1 amide bonds. The van der Waals surface area contributed by atoms with Gasteiger partial charge in [-0.25, -0.2) is 4.98 Å². The van der Waals surface area contributed by atoms with Crippen LogP contribution in [0.15, 0.2) is 35.2 Å². The van der Waals surface area contributed by atoms with Crippen molar-refractivity contribution >= 4 is 17.2 Å². The Balaban J connectivity index is 1.36. The van der Waals surface area contributed by atoms with E-state index in [0.29, 0.717) is 12.2 Å². The van der Waals surface area contributed by atoms with E-state index in [0.717, 1.165) is 31.0 Å². The first-order chi connectivity index (χ1) is 12.8. The molecular weight excluding hydrogens is 346 g/mol. The van der Waals surface area contributed by atoms with Crippen LogP contribution < -0.4 is 10.1 Å². The summed E-state index contributed by atoms with van der Waals surface area (Å²) in [5.41, 5.74) is 3.38. The predicted molar refractivity (Wildman–Crippen MR) is 105 cm³/mol. The molecule has 0 radical (unpaired) electrons. The van der Waals surface area contributed by atoms with Crippen molar-refractivity contribution in [3.63, 3.8) is 0 Å². The molecule has 26 heavy (non-hydrogen) atoms. The Bertz CT molecular complexity index is 650. The van der Waals surface area contributed by atoms with Crippen LogP contribution >= 0.6 is 11.3 Å². The molecule has 6 heteroatoms. The van der Waals surface area contributed by atoms with E-state index < -0.39 is 0 Å². The maximum absolute atomic E-state index is 12.2. The third-order valence-electron chi connectivity index (χ3n) is 4.62. The van der Waals surface area contributed by atoms with Gasteiger partial charge in [-0.3, -0.25) is 4.79 Å². The molecule has 2 aromatic rings. The molecule has 0 saturated carbocycles. The summed E-state index contributed by atoms with van der Waals surface area (Å²) in [6.45, 7) is 4.65. The number of hydrogen-bond acceptors (Lipinski definition) is 5. The molecule has 5 nitrogen and oxygen atoms in total. The summed E-state index contributed by atoms with van der Waals surface area (Å²) in [4.78, 5) is 18.9. The van der Waals surface area contributed by atoms with Crippen LogP contribution in [0.3, 0.4) is 0 Å². The normalized spacial score (nSPS) is 15.4. The molecule has 1 saturated heterocycles. The zero-order chi connectivity index (χ0) is 18.0. The average molecular weight is 374 g/mol. The number of rotatable bonds is 8. The number of hydrogen-bond donors (Lipinski definition) is 1. The fourth-order valence-electron chi connectivity index (χ4n) is 3.14. The van der Waals surface area contributed by atoms with Crippen LogP contribution in [-0.2, 0) is 6.61 Å². The summed E-state index contributed by atoms with van der Waals surface area (Å²) < 4.78 is 5.67. The van der Waals surface area contributed by atoms with E-state index in [9.17, 15) is 4.79 Å². The molecule has 1 aliphatic rings. The molecule has 0 unspecified atom stereocenters. The van der Waals surface area contributed by atoms with Gasteiger partial charge in [-0.15, -0.1) is 11.3 Å². The minimum atomic E-state index is -0.0214. The Morgan fingerprint density at radius 1 is 1.15 bits per heavy atom. The first-order valence-corrected chi connectivity index (χ1v) is 10.4. The minimum Gasteiger partial charge on any atom is -0.487 e. The van der Waals surface area contributed by atoms with Gasteiger partial charge in [-0.2, -0.15) is 0 Å². The zero-order valence-corrected chi connectivity index (χ0v) is 16.0. The molecule has 0 bridgehead atoms. The maximum Gasteiger partial charge on any atom is 0.251 e. The predicted octanol–water partition coefficient (Wildman–Crippen LogP) is 3.72. The lowest BCUT2D eigenvalue weighted by molar-refractivity contribution is 0.0951. The fraction of sp³-hybridized carbons (Fsp3) is 0.500. The summed E-state index contributed by atoms with van der Waals surface area (Å²) >= 11 is 1.55. The third kappa shape index (κ3) is 6.11. The maximum atomic E-state index is 12.2. The molecule has 1 aromatic carbocycles. The van der Waals surface area contributed by atoms with Gasteiger partial charge >= 0.3 is 0 Å². The van der Waals surface area contributed by atoms with Gasteiger partial charge in [0.25, 0.3) is 5.91 Å². The highest BCUT2D eigenvalue weighted by molar-refractivity contribution is 7.07. The lowest BCUT2D eigenvalue weighted by Gasteiger charge is -2.19. The number of amides is 1. The van der Waals surface area contributed by atoms with Gasteiger partial charge in [0.05, 0.1) is 11.2 Å². The van der Waals surface area contributed by atoms with Crippen LogP contribution in [0.5, 0.6) is 5.75 Å². The van der Waals surface area contributed by atoms with Gasteiger partial charge in [-0.1, -0.05) is 12.8 Å².